The van der Waals surface area contributed by atoms with Crippen LogP contribution >= 0.6 is 0 Å². The Morgan fingerprint density at radius 3 is 2.31 bits per heavy atom. The van der Waals surface area contributed by atoms with Crippen LogP contribution in [0.25, 0.3) is 38.9 Å². The molecule has 0 fully saturated rings. The number of thiol groups is 1. The molecule has 2 heterocycles. The number of rotatable bonds is 4. The van der Waals surface area contributed by atoms with E-state index in [9.17, 15) is 4.79 Å². The highest BCUT2D eigenvalue weighted by atomic mass is 32.2. The zero-order valence-corrected chi connectivity index (χ0v) is 20.8. The fraction of sp³-hybridized carbons (Fsp3) is 0.185. The van der Waals surface area contributed by atoms with Gasteiger partial charge in [0.15, 0.2) is 10.9 Å². The van der Waals surface area contributed by atoms with Crippen LogP contribution in [0.15, 0.2) is 77.6 Å². The lowest BCUT2D eigenvalue weighted by Gasteiger charge is -2.13. The van der Waals surface area contributed by atoms with Crippen molar-refractivity contribution < 1.29 is 8.42 Å². The summed E-state index contributed by atoms with van der Waals surface area (Å²) in [6.07, 6.45) is 0.882. The van der Waals surface area contributed by atoms with E-state index < -0.39 is 10.9 Å². The lowest BCUT2D eigenvalue weighted by molar-refractivity contribution is 0.616. The van der Waals surface area contributed by atoms with Crippen LogP contribution < -0.4 is 10.7 Å². The van der Waals surface area contributed by atoms with Crippen LogP contribution in [0.1, 0.15) is 24.5 Å². The number of nitrogens with two attached hydrogens (primary N) is 1. The summed E-state index contributed by atoms with van der Waals surface area (Å²) in [5.74, 6) is 0. The number of hydrogen-bond acceptors (Lipinski definition) is 4. The molecule has 0 aliphatic carbocycles. The van der Waals surface area contributed by atoms with Gasteiger partial charge in [0.05, 0.1) is 16.6 Å². The first kappa shape index (κ1) is 24.4. The highest BCUT2D eigenvalue weighted by molar-refractivity contribution is 7.69. The van der Waals surface area contributed by atoms with E-state index in [1.165, 1.54) is 16.7 Å². The van der Waals surface area contributed by atoms with Gasteiger partial charge in [-0.05, 0) is 54.7 Å². The molecule has 0 amide bonds. The molecule has 0 atom stereocenters. The third-order valence-electron chi connectivity index (χ3n) is 6.10. The monoisotopic (exact) mass is 488 g/mol. The average molecular weight is 489 g/mol. The maximum atomic E-state index is 13.4. The van der Waals surface area contributed by atoms with Gasteiger partial charge in [0, 0.05) is 18.2 Å². The Hall–Kier alpha value is -3.75. The van der Waals surface area contributed by atoms with E-state index in [2.05, 4.69) is 56.2 Å². The Labute approximate surface area is 205 Å². The molecule has 0 saturated carbocycles. The molecule has 8 heteroatoms. The normalized spacial score (nSPS) is 11.1. The Morgan fingerprint density at radius 1 is 0.914 bits per heavy atom. The number of aryl methyl sites for hydroxylation is 2. The molecule has 7 nitrogen and oxygen atoms in total. The van der Waals surface area contributed by atoms with Gasteiger partial charge in [-0.3, -0.25) is 9.36 Å². The summed E-state index contributed by atoms with van der Waals surface area (Å²) < 4.78 is 21.4. The van der Waals surface area contributed by atoms with Crippen molar-refractivity contribution >= 4 is 27.4 Å². The van der Waals surface area contributed by atoms with Crippen LogP contribution in [0.2, 0.25) is 0 Å². The molecule has 5 rings (SSSR count). The van der Waals surface area contributed by atoms with E-state index in [0.717, 1.165) is 34.4 Å². The molecule has 3 aromatic carbocycles. The lowest BCUT2D eigenvalue weighted by atomic mass is 9.96. The lowest BCUT2D eigenvalue weighted by Crippen LogP contribution is -2.22. The van der Waals surface area contributed by atoms with Gasteiger partial charge >= 0.3 is 0 Å². The Balaban J connectivity index is 0.000000672. The third-order valence-corrected chi connectivity index (χ3v) is 6.10. The van der Waals surface area contributed by atoms with Crippen LogP contribution in [0.4, 0.5) is 0 Å². The standard InChI is InChI=1S/C27H25N3O.H3NO2S/c1-4-15-29-26-17-24(20-10-6-5-7-11-20)28-30(26)25-16-21(13-14-23(25)27(29)31)22-12-8-9-18(2)19(22)3;1-4(2)3/h5-14,16-17H,4,15H2,1-3H3;4H,(H2,1,2,3). The molecule has 2 N–H and O–H groups in total. The first-order valence-corrected chi connectivity index (χ1v) is 12.6. The zero-order chi connectivity index (χ0) is 25.1. The van der Waals surface area contributed by atoms with Crippen molar-refractivity contribution in [2.75, 3.05) is 0 Å². The number of aromatic nitrogens is 3. The van der Waals surface area contributed by atoms with Gasteiger partial charge in [-0.2, -0.15) is 5.10 Å². The predicted molar refractivity (Wildman–Crippen MR) is 142 cm³/mol. The summed E-state index contributed by atoms with van der Waals surface area (Å²) in [4.78, 5) is 13.4. The smallest absolute Gasteiger partial charge is 0.261 e. The quantitative estimate of drug-likeness (QED) is 0.364. The first-order chi connectivity index (χ1) is 16.8. The molecule has 0 spiro atoms. The van der Waals surface area contributed by atoms with E-state index >= 15 is 0 Å². The molecular formula is C27H28N4O3S. The summed E-state index contributed by atoms with van der Waals surface area (Å²) in [6.45, 7) is 7.02. The predicted octanol–water partition coefficient (Wildman–Crippen LogP) is 4.48. The van der Waals surface area contributed by atoms with Crippen molar-refractivity contribution in [3.05, 3.63) is 94.3 Å². The summed E-state index contributed by atoms with van der Waals surface area (Å²) >= 11 is 0. The second-order valence-corrected chi connectivity index (χ2v) is 8.96. The van der Waals surface area contributed by atoms with Crippen LogP contribution in [-0.2, 0) is 17.4 Å². The highest BCUT2D eigenvalue weighted by Gasteiger charge is 2.16. The highest BCUT2D eigenvalue weighted by Crippen LogP contribution is 2.29. The van der Waals surface area contributed by atoms with Crippen LogP contribution in [0, 0.1) is 13.8 Å². The van der Waals surface area contributed by atoms with E-state index in [1.807, 2.05) is 51.5 Å². The van der Waals surface area contributed by atoms with E-state index in [4.69, 9.17) is 13.5 Å². The molecule has 0 unspecified atom stereocenters. The molecule has 0 aliphatic heterocycles. The van der Waals surface area contributed by atoms with Crippen molar-refractivity contribution in [3.8, 4) is 22.4 Å². The van der Waals surface area contributed by atoms with Gasteiger partial charge in [-0.15, -0.1) is 0 Å². The SMILES string of the molecule is CCCn1c(=O)c2ccc(-c3cccc(C)c3C)cc2n2nc(-c3ccccc3)cc12.N[SH](=O)=O. The van der Waals surface area contributed by atoms with Crippen LogP contribution in [0.3, 0.4) is 0 Å². The van der Waals surface area contributed by atoms with Crippen LogP contribution in [0.5, 0.6) is 0 Å². The Morgan fingerprint density at radius 2 is 1.63 bits per heavy atom. The van der Waals surface area contributed by atoms with Gasteiger partial charge in [-0.1, -0.05) is 61.5 Å². The number of hydrogen-bond donors (Lipinski definition) is 2. The minimum absolute atomic E-state index is 0.0383. The van der Waals surface area contributed by atoms with Crippen LogP contribution in [-0.4, -0.2) is 22.6 Å². The minimum atomic E-state index is -2.62. The van der Waals surface area contributed by atoms with Gasteiger partial charge in [0.2, 0.25) is 0 Å². The second-order valence-electron chi connectivity index (χ2n) is 8.39. The van der Waals surface area contributed by atoms with Crippen molar-refractivity contribution in [3.63, 3.8) is 0 Å². The van der Waals surface area contributed by atoms with Gasteiger partial charge < -0.3 is 0 Å². The Bertz CT molecular complexity index is 1640. The summed E-state index contributed by atoms with van der Waals surface area (Å²) in [6, 6.07) is 24.6. The fourth-order valence-electron chi connectivity index (χ4n) is 4.30. The molecule has 0 radical (unpaired) electrons. The van der Waals surface area contributed by atoms with Gasteiger partial charge in [0.1, 0.15) is 5.65 Å². The molecule has 0 aliphatic rings. The Kier molecular flexibility index (Phi) is 7.14. The maximum Gasteiger partial charge on any atom is 0.261 e. The van der Waals surface area contributed by atoms with Crippen molar-refractivity contribution in [1.29, 1.82) is 0 Å². The van der Waals surface area contributed by atoms with Crippen molar-refractivity contribution in [1.82, 2.24) is 14.2 Å². The van der Waals surface area contributed by atoms with Crippen molar-refractivity contribution in [2.45, 2.75) is 33.7 Å². The number of benzene rings is 3. The van der Waals surface area contributed by atoms with Gasteiger partial charge in [0.25, 0.3) is 5.56 Å². The van der Waals surface area contributed by atoms with Crippen molar-refractivity contribution in [2.24, 2.45) is 5.14 Å². The molecule has 2 aromatic heterocycles. The minimum Gasteiger partial charge on any atom is -0.293 e. The molecular weight excluding hydrogens is 460 g/mol. The topological polar surface area (TPSA) is 99.5 Å². The molecule has 180 valence electrons. The summed E-state index contributed by atoms with van der Waals surface area (Å²) in [5, 5.41) is 9.68. The van der Waals surface area contributed by atoms with E-state index in [-0.39, 0.29) is 5.56 Å². The van der Waals surface area contributed by atoms with E-state index in [0.29, 0.717) is 11.9 Å². The van der Waals surface area contributed by atoms with E-state index in [1.54, 1.807) is 0 Å². The summed E-state index contributed by atoms with van der Waals surface area (Å²) in [7, 11) is -2.62. The second kappa shape index (κ2) is 10.2. The average Bonchev–Trinajstić information content (AvgIpc) is 3.29. The third kappa shape index (κ3) is 4.89. The number of nitrogens with zero attached hydrogens (tertiary/aromatic N) is 3. The van der Waals surface area contributed by atoms with Gasteiger partial charge in [-0.25, -0.2) is 18.1 Å². The summed E-state index contributed by atoms with van der Waals surface area (Å²) in [5.41, 5.74) is 8.41. The zero-order valence-electron chi connectivity index (χ0n) is 19.9. The molecule has 0 saturated heterocycles. The molecule has 35 heavy (non-hydrogen) atoms. The number of fused-ring (bicyclic) bond motifs is 3. The maximum absolute atomic E-state index is 13.4. The first-order valence-electron chi connectivity index (χ1n) is 11.4. The fourth-order valence-corrected chi connectivity index (χ4v) is 4.30. The molecule has 0 bridgehead atoms. The molecule has 5 aromatic rings. The largest absolute Gasteiger partial charge is 0.293 e.